The Morgan fingerprint density at radius 1 is 1.00 bits per heavy atom. The van der Waals surface area contributed by atoms with Crippen molar-refractivity contribution >= 4 is 29.3 Å². The van der Waals surface area contributed by atoms with Gasteiger partial charge < -0.3 is 30.3 Å². The van der Waals surface area contributed by atoms with Crippen LogP contribution in [0.25, 0.3) is 0 Å². The van der Waals surface area contributed by atoms with Gasteiger partial charge in [0.15, 0.2) is 5.78 Å². The van der Waals surface area contributed by atoms with Gasteiger partial charge in [0.2, 0.25) is 17.7 Å². The SMILES string of the molecule is CCC(C)C(C(CC(=O)N1CCCC1C(OC)C(C)C(=O)NC(Cc1ccccc1)CC(C)C(C)=O)OC)N(C)C(=O)C(CC(=O)C(C)(C)N)C(C)C. The average molecular weight is 743 g/mol. The van der Waals surface area contributed by atoms with Gasteiger partial charge in [0.1, 0.15) is 5.78 Å². The van der Waals surface area contributed by atoms with Crippen LogP contribution in [0.4, 0.5) is 0 Å². The second-order valence-corrected chi connectivity index (χ2v) is 16.4. The summed E-state index contributed by atoms with van der Waals surface area (Å²) >= 11 is 0. The van der Waals surface area contributed by atoms with Crippen molar-refractivity contribution in [2.24, 2.45) is 35.3 Å². The molecule has 2 rings (SSSR count). The predicted octanol–water partition coefficient (Wildman–Crippen LogP) is 5.22. The lowest BCUT2D eigenvalue weighted by molar-refractivity contribution is -0.149. The maximum atomic E-state index is 14.2. The maximum absolute atomic E-state index is 14.2. The zero-order valence-corrected chi connectivity index (χ0v) is 34.6. The number of benzene rings is 1. The molecule has 9 atom stereocenters. The van der Waals surface area contributed by atoms with Gasteiger partial charge in [-0.15, -0.1) is 0 Å². The number of Topliss-reactive ketones (excluding diaryl/α,β-unsaturated/α-hetero) is 2. The van der Waals surface area contributed by atoms with Gasteiger partial charge in [-0.2, -0.15) is 0 Å². The molecule has 3 N–H and O–H groups in total. The van der Waals surface area contributed by atoms with Crippen molar-refractivity contribution in [3.05, 3.63) is 35.9 Å². The van der Waals surface area contributed by atoms with E-state index in [2.05, 4.69) is 5.32 Å². The fourth-order valence-corrected chi connectivity index (χ4v) is 7.66. The lowest BCUT2D eigenvalue weighted by atomic mass is 9.83. The molecule has 0 saturated carbocycles. The lowest BCUT2D eigenvalue weighted by Crippen LogP contribution is -2.55. The number of hydrogen-bond donors (Lipinski definition) is 2. The second kappa shape index (κ2) is 21.1. The maximum Gasteiger partial charge on any atom is 0.226 e. The minimum atomic E-state index is -1.05. The first kappa shape index (κ1) is 46.0. The summed E-state index contributed by atoms with van der Waals surface area (Å²) in [5, 5.41) is 3.21. The number of ketones is 2. The quantitative estimate of drug-likeness (QED) is 0.164. The molecule has 1 fully saturated rings. The largest absolute Gasteiger partial charge is 0.379 e. The van der Waals surface area contributed by atoms with E-state index in [9.17, 15) is 24.0 Å². The Labute approximate surface area is 319 Å². The number of likely N-dealkylation sites (N-methyl/N-ethyl adjacent to an activating group) is 1. The Hall–Kier alpha value is -3.15. The monoisotopic (exact) mass is 743 g/mol. The van der Waals surface area contributed by atoms with E-state index < -0.39 is 35.6 Å². The fraction of sp³-hybridized carbons (Fsp3) is 0.738. The Morgan fingerprint density at radius 2 is 1.62 bits per heavy atom. The van der Waals surface area contributed by atoms with E-state index in [1.807, 2.05) is 76.8 Å². The summed E-state index contributed by atoms with van der Waals surface area (Å²) in [6.45, 7) is 17.1. The summed E-state index contributed by atoms with van der Waals surface area (Å²) in [5.74, 6) is -2.03. The highest BCUT2D eigenvalue weighted by atomic mass is 16.5. The molecule has 1 aliphatic heterocycles. The highest BCUT2D eigenvalue weighted by molar-refractivity contribution is 5.92. The van der Waals surface area contributed by atoms with E-state index in [1.165, 1.54) is 0 Å². The molecule has 0 radical (unpaired) electrons. The molecule has 1 heterocycles. The van der Waals surface area contributed by atoms with Crippen LogP contribution in [0.1, 0.15) is 106 Å². The van der Waals surface area contributed by atoms with E-state index >= 15 is 0 Å². The zero-order chi connectivity index (χ0) is 40.2. The first-order valence-corrected chi connectivity index (χ1v) is 19.6. The van der Waals surface area contributed by atoms with Crippen molar-refractivity contribution in [2.75, 3.05) is 27.8 Å². The summed E-state index contributed by atoms with van der Waals surface area (Å²) in [7, 11) is 4.88. The number of amides is 3. The van der Waals surface area contributed by atoms with Crippen LogP contribution in [0.5, 0.6) is 0 Å². The number of rotatable bonds is 22. The number of nitrogens with zero attached hydrogens (tertiary/aromatic N) is 2. The van der Waals surface area contributed by atoms with E-state index in [1.54, 1.807) is 46.9 Å². The molecule has 1 aromatic carbocycles. The third kappa shape index (κ3) is 13.0. The molecular weight excluding hydrogens is 672 g/mol. The molecule has 300 valence electrons. The minimum Gasteiger partial charge on any atom is -0.379 e. The third-order valence-corrected chi connectivity index (χ3v) is 11.5. The van der Waals surface area contributed by atoms with Gasteiger partial charge in [-0.05, 0) is 63.9 Å². The fourth-order valence-electron chi connectivity index (χ4n) is 7.66. The number of ether oxygens (including phenoxy) is 2. The van der Waals surface area contributed by atoms with Gasteiger partial charge in [0.25, 0.3) is 0 Å². The second-order valence-electron chi connectivity index (χ2n) is 16.4. The Kier molecular flexibility index (Phi) is 18.3. The normalized spacial score (nSPS) is 19.4. The number of methoxy groups -OCH3 is 2. The van der Waals surface area contributed by atoms with Gasteiger partial charge in [-0.25, -0.2) is 0 Å². The molecule has 1 aromatic rings. The van der Waals surface area contributed by atoms with Crippen LogP contribution >= 0.6 is 0 Å². The summed E-state index contributed by atoms with van der Waals surface area (Å²) < 4.78 is 12.0. The van der Waals surface area contributed by atoms with Crippen molar-refractivity contribution < 1.29 is 33.4 Å². The van der Waals surface area contributed by atoms with E-state index in [4.69, 9.17) is 15.2 Å². The molecule has 0 aromatic heterocycles. The van der Waals surface area contributed by atoms with Crippen molar-refractivity contribution in [1.82, 2.24) is 15.1 Å². The van der Waals surface area contributed by atoms with Gasteiger partial charge in [-0.3, -0.25) is 24.0 Å². The topological polar surface area (TPSA) is 148 Å². The van der Waals surface area contributed by atoms with Gasteiger partial charge >= 0.3 is 0 Å². The Bertz CT molecular complexity index is 1350. The Balaban J connectivity index is 2.28. The number of carbonyl (C=O) groups is 5. The van der Waals surface area contributed by atoms with Crippen LogP contribution in [-0.4, -0.2) is 103 Å². The van der Waals surface area contributed by atoms with Crippen molar-refractivity contribution in [1.29, 1.82) is 0 Å². The van der Waals surface area contributed by atoms with E-state index in [0.29, 0.717) is 25.8 Å². The van der Waals surface area contributed by atoms with E-state index in [-0.39, 0.29) is 72.0 Å². The van der Waals surface area contributed by atoms with Gasteiger partial charge in [0.05, 0.1) is 42.2 Å². The molecule has 53 heavy (non-hydrogen) atoms. The molecule has 11 heteroatoms. The van der Waals surface area contributed by atoms with Gasteiger partial charge in [0, 0.05) is 52.1 Å². The first-order chi connectivity index (χ1) is 24.8. The first-order valence-electron chi connectivity index (χ1n) is 19.6. The van der Waals surface area contributed by atoms with Crippen molar-refractivity contribution in [2.45, 2.75) is 143 Å². The van der Waals surface area contributed by atoms with Crippen LogP contribution in [0.15, 0.2) is 30.3 Å². The zero-order valence-electron chi connectivity index (χ0n) is 34.6. The van der Waals surface area contributed by atoms with Crippen LogP contribution in [-0.2, 0) is 39.9 Å². The molecule has 1 saturated heterocycles. The van der Waals surface area contributed by atoms with E-state index in [0.717, 1.165) is 18.4 Å². The minimum absolute atomic E-state index is 0.00414. The number of likely N-dealkylation sites (tertiary alicyclic amines) is 1. The highest BCUT2D eigenvalue weighted by Gasteiger charge is 2.43. The third-order valence-electron chi connectivity index (χ3n) is 11.5. The molecule has 0 spiro atoms. The lowest BCUT2D eigenvalue weighted by Gasteiger charge is -2.41. The van der Waals surface area contributed by atoms with Crippen molar-refractivity contribution in [3.8, 4) is 0 Å². The molecule has 9 unspecified atom stereocenters. The molecular formula is C42H70N4O7. The van der Waals surface area contributed by atoms with Crippen LogP contribution in [0.3, 0.4) is 0 Å². The summed E-state index contributed by atoms with van der Waals surface area (Å²) in [6, 6.07) is 8.89. The standard InChI is InChI=1S/C42H70N4O7/c1-13-27(4)38(45(10)41(51)33(26(2)3)24-36(48)42(8,9)43)35(52-11)25-37(49)46-21-17-20-34(46)39(53-12)29(6)40(50)44-32(22-28(5)30(7)47)23-31-18-15-14-16-19-31/h14-16,18-19,26-29,32-35,38-39H,13,17,20-25,43H2,1-12H3,(H,44,50). The highest BCUT2D eigenvalue weighted by Crippen LogP contribution is 2.31. The van der Waals surface area contributed by atoms with Gasteiger partial charge in [-0.1, -0.05) is 78.3 Å². The molecule has 0 aliphatic carbocycles. The number of nitrogens with two attached hydrogens (primary N) is 1. The predicted molar refractivity (Wildman–Crippen MR) is 209 cm³/mol. The smallest absolute Gasteiger partial charge is 0.226 e. The molecule has 11 nitrogen and oxygen atoms in total. The number of carbonyl (C=O) groups excluding carboxylic acids is 5. The van der Waals surface area contributed by atoms with Crippen LogP contribution in [0, 0.1) is 29.6 Å². The summed E-state index contributed by atoms with van der Waals surface area (Å²) in [6.07, 6.45) is 2.22. The van der Waals surface area contributed by atoms with Crippen LogP contribution < -0.4 is 11.1 Å². The average Bonchev–Trinajstić information content (AvgIpc) is 3.59. The molecule has 3 amide bonds. The number of hydrogen-bond acceptors (Lipinski definition) is 8. The Morgan fingerprint density at radius 3 is 2.13 bits per heavy atom. The van der Waals surface area contributed by atoms with Crippen molar-refractivity contribution in [3.63, 3.8) is 0 Å². The summed E-state index contributed by atoms with van der Waals surface area (Å²) in [4.78, 5) is 70.7. The van der Waals surface area contributed by atoms with Crippen LogP contribution in [0.2, 0.25) is 0 Å². The summed E-state index contributed by atoms with van der Waals surface area (Å²) in [5.41, 5.74) is 6.11. The molecule has 0 bridgehead atoms. The number of nitrogens with one attached hydrogen (secondary N) is 1. The molecule has 1 aliphatic rings.